The van der Waals surface area contributed by atoms with E-state index in [1.165, 1.54) is 38.8 Å². The minimum Gasteiger partial charge on any atom is -1.00 e. The molecule has 1 nitrogen and oxygen atoms in total. The van der Waals surface area contributed by atoms with Crippen LogP contribution in [-0.4, -0.2) is 12.6 Å². The van der Waals surface area contributed by atoms with E-state index in [1.807, 2.05) is 0 Å². The van der Waals surface area contributed by atoms with Crippen molar-refractivity contribution in [3.8, 4) is 16.8 Å². The van der Waals surface area contributed by atoms with Crippen LogP contribution in [0.5, 0.6) is 0 Å². The van der Waals surface area contributed by atoms with Crippen LogP contribution in [0.4, 0.5) is 0 Å². The number of nitrogens with zero attached hydrogens (tertiary/aromatic N) is 1. The molecule has 5 aromatic rings. The summed E-state index contributed by atoms with van der Waals surface area (Å²) >= 11 is 0. The van der Waals surface area contributed by atoms with E-state index in [1.54, 1.807) is 16.3 Å². The van der Waals surface area contributed by atoms with E-state index >= 15 is 0 Å². The number of benzene rings is 3. The van der Waals surface area contributed by atoms with Gasteiger partial charge in [0, 0.05) is 23.1 Å². The van der Waals surface area contributed by atoms with Crippen molar-refractivity contribution in [2.45, 2.75) is 32.5 Å². The number of fused-ring (bicyclic) bond motifs is 1. The fourth-order valence-corrected chi connectivity index (χ4v) is 10.7. The summed E-state index contributed by atoms with van der Waals surface area (Å²) in [5.41, 5.74) is 10.8. The van der Waals surface area contributed by atoms with Gasteiger partial charge in [0.1, 0.15) is 0 Å². The quantitative estimate of drug-likeness (QED) is 0.212. The molecule has 3 aliphatic rings. The number of hydrogen-bond donors (Lipinski definition) is 0. The number of aromatic nitrogens is 1. The minimum atomic E-state index is -1.17. The van der Waals surface area contributed by atoms with E-state index in [0.29, 0.717) is 0 Å². The van der Waals surface area contributed by atoms with Gasteiger partial charge in [-0.1, -0.05) is 85.8 Å². The first-order valence-corrected chi connectivity index (χ1v) is 15.2. The van der Waals surface area contributed by atoms with Gasteiger partial charge in [0.15, 0.2) is 0 Å². The SMILES string of the molecule is CC1=C2c3c(ccn3-c3ccccc3)C1[Si]2(C)C.Cc1cc2c(-c3ccccc3)cccc2[cH-]1.[Cl-].[Cl-].[Zr+3]. The maximum Gasteiger partial charge on any atom is 3.00 e. The number of para-hydroxylation sites is 1. The fourth-order valence-electron chi connectivity index (χ4n) is 6.38. The van der Waals surface area contributed by atoms with Gasteiger partial charge in [0.05, 0.1) is 8.07 Å². The zero-order chi connectivity index (χ0) is 23.4. The smallest absolute Gasteiger partial charge is 1.00 e. The number of rotatable bonds is 2. The average Bonchev–Trinajstić information content (AvgIpc) is 3.56. The van der Waals surface area contributed by atoms with Crippen LogP contribution in [0.3, 0.4) is 0 Å². The van der Waals surface area contributed by atoms with Crippen LogP contribution in [0, 0.1) is 6.92 Å². The summed E-state index contributed by atoms with van der Waals surface area (Å²) in [5.74, 6) is 0. The summed E-state index contributed by atoms with van der Waals surface area (Å²) in [7, 11) is -1.17. The summed E-state index contributed by atoms with van der Waals surface area (Å²) in [5, 5.41) is 4.39. The van der Waals surface area contributed by atoms with E-state index in [4.69, 9.17) is 0 Å². The summed E-state index contributed by atoms with van der Waals surface area (Å²) in [4.78, 5) is 0. The molecule has 37 heavy (non-hydrogen) atoms. The molecule has 1 aliphatic carbocycles. The second-order valence-corrected chi connectivity index (χ2v) is 14.8. The molecule has 185 valence electrons. The van der Waals surface area contributed by atoms with Crippen molar-refractivity contribution in [2.24, 2.45) is 0 Å². The molecule has 3 heterocycles. The molecule has 0 saturated heterocycles. The molecule has 0 amide bonds. The topological polar surface area (TPSA) is 4.93 Å². The molecule has 2 bridgehead atoms. The van der Waals surface area contributed by atoms with Crippen molar-refractivity contribution < 1.29 is 51.0 Å². The Bertz CT molecular complexity index is 1550. The van der Waals surface area contributed by atoms with Gasteiger partial charge < -0.3 is 29.4 Å². The molecule has 0 fully saturated rings. The molecule has 8 rings (SSSR count). The van der Waals surface area contributed by atoms with Crippen LogP contribution >= 0.6 is 0 Å². The number of allylic oxidation sites excluding steroid dienone is 1. The van der Waals surface area contributed by atoms with Crippen molar-refractivity contribution in [1.29, 1.82) is 0 Å². The third-order valence-corrected chi connectivity index (χ3v) is 11.8. The van der Waals surface area contributed by atoms with E-state index < -0.39 is 8.07 Å². The maximum atomic E-state index is 2.51. The second kappa shape index (κ2) is 11.4. The summed E-state index contributed by atoms with van der Waals surface area (Å²) in [6.45, 7) is 9.49. The van der Waals surface area contributed by atoms with Crippen LogP contribution in [-0.2, 0) is 26.2 Å². The Hall–Kier alpha value is -2.03. The zero-order valence-electron chi connectivity index (χ0n) is 21.6. The summed E-state index contributed by atoms with van der Waals surface area (Å²) in [6.07, 6.45) is 2.24. The van der Waals surface area contributed by atoms with Crippen LogP contribution < -0.4 is 24.8 Å². The van der Waals surface area contributed by atoms with Gasteiger partial charge in [0.25, 0.3) is 0 Å². The molecular formula is C32H30Cl2NSiZr. The number of aryl methyl sites for hydroxylation is 1. The molecule has 4 aromatic carbocycles. The summed E-state index contributed by atoms with van der Waals surface area (Å²) in [6, 6.07) is 34.6. The Labute approximate surface area is 252 Å². The Kier molecular flexibility index (Phi) is 9.08. The van der Waals surface area contributed by atoms with Crippen molar-refractivity contribution in [1.82, 2.24) is 4.57 Å². The Morgan fingerprint density at radius 2 is 1.43 bits per heavy atom. The van der Waals surface area contributed by atoms with Gasteiger partial charge in [-0.05, 0) is 41.4 Å². The van der Waals surface area contributed by atoms with Crippen LogP contribution in [0.1, 0.15) is 29.3 Å². The average molecular weight is 619 g/mol. The summed E-state index contributed by atoms with van der Waals surface area (Å²) < 4.78 is 2.38. The van der Waals surface area contributed by atoms with Crippen molar-refractivity contribution in [3.63, 3.8) is 0 Å². The molecule has 0 saturated carbocycles. The predicted octanol–water partition coefficient (Wildman–Crippen LogP) is 2.69. The van der Waals surface area contributed by atoms with Crippen LogP contribution in [0.15, 0.2) is 109 Å². The molecular weight excluding hydrogens is 589 g/mol. The number of hydrogen-bond acceptors (Lipinski definition) is 0. The fraction of sp³-hybridized carbons (Fsp3) is 0.156. The first-order valence-electron chi connectivity index (χ1n) is 12.2. The second-order valence-electron chi connectivity index (χ2n) is 10.2. The van der Waals surface area contributed by atoms with Crippen molar-refractivity contribution in [2.75, 3.05) is 0 Å². The molecule has 1 aromatic heterocycles. The monoisotopic (exact) mass is 616 g/mol. The Morgan fingerprint density at radius 3 is 2.08 bits per heavy atom. The minimum absolute atomic E-state index is 0. The molecule has 0 N–H and O–H groups in total. The third kappa shape index (κ3) is 4.81. The first-order chi connectivity index (χ1) is 16.5. The van der Waals surface area contributed by atoms with Gasteiger partial charge in [0.2, 0.25) is 0 Å². The molecule has 1 radical (unpaired) electrons. The van der Waals surface area contributed by atoms with Gasteiger partial charge in [-0.3, -0.25) is 0 Å². The maximum absolute atomic E-state index is 2.51. The van der Waals surface area contributed by atoms with Gasteiger partial charge in [-0.15, -0.1) is 34.5 Å². The van der Waals surface area contributed by atoms with E-state index in [2.05, 4.69) is 135 Å². The molecule has 2 aliphatic heterocycles. The Balaban J connectivity index is 0.000000191. The third-order valence-electron chi connectivity index (χ3n) is 7.67. The Morgan fingerprint density at radius 1 is 0.784 bits per heavy atom. The zero-order valence-corrected chi connectivity index (χ0v) is 26.6. The van der Waals surface area contributed by atoms with Crippen molar-refractivity contribution in [3.05, 3.63) is 126 Å². The van der Waals surface area contributed by atoms with Crippen LogP contribution in [0.2, 0.25) is 13.1 Å². The molecule has 1 atom stereocenters. The van der Waals surface area contributed by atoms with Crippen LogP contribution in [0.25, 0.3) is 32.8 Å². The molecule has 0 spiro atoms. The number of halogens is 2. The predicted molar refractivity (Wildman–Crippen MR) is 148 cm³/mol. The standard InChI is InChI=1S/C16H17NSi.C16H13.2ClH.Zr/c1-11-15-13-9-10-17(12-7-5-4-6-8-12)14(13)16(11)18(15,2)3;1-12-10-14-8-5-9-15(16(14)11-12)13-6-3-2-4-7-13;;;/h4-10,15H,1-3H3;2-11H,1H3;2*1H;/q;-1;;;+3/p-2. The first kappa shape index (κ1) is 29.5. The largest absolute Gasteiger partial charge is 3.00 e. The van der Waals surface area contributed by atoms with Gasteiger partial charge >= 0.3 is 26.2 Å². The van der Waals surface area contributed by atoms with Gasteiger partial charge in [-0.2, -0.15) is 6.07 Å². The van der Waals surface area contributed by atoms with Gasteiger partial charge in [-0.25, -0.2) is 0 Å². The normalized spacial score (nSPS) is 15.8. The van der Waals surface area contributed by atoms with E-state index in [-0.39, 0.29) is 51.0 Å². The molecule has 1 unspecified atom stereocenters. The van der Waals surface area contributed by atoms with Crippen molar-refractivity contribution >= 4 is 24.0 Å². The van der Waals surface area contributed by atoms with E-state index in [9.17, 15) is 0 Å². The van der Waals surface area contributed by atoms with E-state index in [0.717, 1.165) is 5.54 Å². The molecule has 5 heteroatoms.